The third kappa shape index (κ3) is 3.77. The third-order valence-corrected chi connectivity index (χ3v) is 6.96. The standard InChI is InChI=1S/C23H19Cl2N5O3/c24-16-8-13(11-26)9-17(25)20(16)27-22(32)28-6-7-29-19(12-28)21(31)30(23(29)33)18-10-15(18)14-4-2-1-3-5-14/h1-5,8-9,15,18-19H,6-7,10,12H2,(H,27,32)/t15-,18+,19+/m1/s1. The number of nitrogens with one attached hydrogen (secondary N) is 1. The molecule has 0 aromatic heterocycles. The highest BCUT2D eigenvalue weighted by Crippen LogP contribution is 2.47. The maximum Gasteiger partial charge on any atom is 0.327 e. The fourth-order valence-corrected chi connectivity index (χ4v) is 5.16. The van der Waals surface area contributed by atoms with E-state index in [0.29, 0.717) is 0 Å². The number of nitrogens with zero attached hydrogens (tertiary/aromatic N) is 4. The molecule has 2 aromatic rings. The lowest BCUT2D eigenvalue weighted by Crippen LogP contribution is -2.55. The molecule has 1 N–H and O–H groups in total. The fourth-order valence-electron chi connectivity index (χ4n) is 4.57. The van der Waals surface area contributed by atoms with Crippen LogP contribution in [0.4, 0.5) is 15.3 Å². The summed E-state index contributed by atoms with van der Waals surface area (Å²) < 4.78 is 0. The molecule has 0 spiro atoms. The Morgan fingerprint density at radius 1 is 1.09 bits per heavy atom. The molecule has 5 rings (SSSR count). The smallest absolute Gasteiger partial charge is 0.320 e. The van der Waals surface area contributed by atoms with Crippen LogP contribution in [0.2, 0.25) is 10.0 Å². The highest BCUT2D eigenvalue weighted by Gasteiger charge is 2.56. The Hall–Kier alpha value is -3.28. The van der Waals surface area contributed by atoms with Gasteiger partial charge in [-0.3, -0.25) is 9.69 Å². The van der Waals surface area contributed by atoms with Crippen LogP contribution in [-0.4, -0.2) is 64.4 Å². The Balaban J connectivity index is 1.28. The minimum atomic E-state index is -0.707. The van der Waals surface area contributed by atoms with Gasteiger partial charge in [0.1, 0.15) is 6.04 Å². The molecule has 2 aromatic carbocycles. The van der Waals surface area contributed by atoms with Gasteiger partial charge in [-0.2, -0.15) is 5.26 Å². The Labute approximate surface area is 200 Å². The summed E-state index contributed by atoms with van der Waals surface area (Å²) in [5.74, 6) is -0.115. The van der Waals surface area contributed by atoms with E-state index < -0.39 is 12.1 Å². The van der Waals surface area contributed by atoms with Crippen molar-refractivity contribution in [2.45, 2.75) is 24.4 Å². The summed E-state index contributed by atoms with van der Waals surface area (Å²) in [6.45, 7) is 0.616. The van der Waals surface area contributed by atoms with Crippen LogP contribution in [0.3, 0.4) is 0 Å². The monoisotopic (exact) mass is 483 g/mol. The Morgan fingerprint density at radius 3 is 2.45 bits per heavy atom. The highest BCUT2D eigenvalue weighted by atomic mass is 35.5. The van der Waals surface area contributed by atoms with Gasteiger partial charge in [0.05, 0.1) is 33.9 Å². The molecule has 2 saturated heterocycles. The normalized spacial score (nSPS) is 23.9. The van der Waals surface area contributed by atoms with Crippen LogP contribution in [0.15, 0.2) is 42.5 Å². The maximum absolute atomic E-state index is 13.1. The lowest BCUT2D eigenvalue weighted by Gasteiger charge is -2.35. The number of anilines is 1. The van der Waals surface area contributed by atoms with Crippen molar-refractivity contribution in [2.75, 3.05) is 25.0 Å². The third-order valence-electron chi connectivity index (χ3n) is 6.36. The molecule has 0 bridgehead atoms. The van der Waals surface area contributed by atoms with Crippen molar-refractivity contribution in [3.8, 4) is 6.07 Å². The van der Waals surface area contributed by atoms with Crippen molar-refractivity contribution in [2.24, 2.45) is 0 Å². The van der Waals surface area contributed by atoms with Crippen molar-refractivity contribution >= 4 is 46.9 Å². The first-order valence-electron chi connectivity index (χ1n) is 10.5. The van der Waals surface area contributed by atoms with Gasteiger partial charge in [0, 0.05) is 25.0 Å². The Bertz CT molecular complexity index is 1180. The van der Waals surface area contributed by atoms with Crippen LogP contribution in [0, 0.1) is 11.3 Å². The number of piperazine rings is 1. The lowest BCUT2D eigenvalue weighted by atomic mass is 10.1. The molecule has 10 heteroatoms. The number of urea groups is 2. The summed E-state index contributed by atoms with van der Waals surface area (Å²) in [5, 5.41) is 12.0. The molecule has 8 nitrogen and oxygen atoms in total. The Morgan fingerprint density at radius 2 is 1.79 bits per heavy atom. The van der Waals surface area contributed by atoms with E-state index >= 15 is 0 Å². The van der Waals surface area contributed by atoms with E-state index in [4.69, 9.17) is 28.5 Å². The molecule has 1 saturated carbocycles. The molecule has 3 atom stereocenters. The number of amides is 5. The number of halogens is 2. The highest BCUT2D eigenvalue weighted by molar-refractivity contribution is 6.40. The van der Waals surface area contributed by atoms with Crippen LogP contribution < -0.4 is 5.32 Å². The molecule has 33 heavy (non-hydrogen) atoms. The molecular formula is C23H19Cl2N5O3. The zero-order valence-electron chi connectivity index (χ0n) is 17.4. The summed E-state index contributed by atoms with van der Waals surface area (Å²) >= 11 is 12.3. The summed E-state index contributed by atoms with van der Waals surface area (Å²) in [4.78, 5) is 43.4. The second-order valence-corrected chi connectivity index (χ2v) is 9.14. The first kappa shape index (κ1) is 21.6. The van der Waals surface area contributed by atoms with Gasteiger partial charge in [-0.25, -0.2) is 9.59 Å². The predicted octanol–water partition coefficient (Wildman–Crippen LogP) is 3.90. The number of fused-ring (bicyclic) bond motifs is 1. The van der Waals surface area contributed by atoms with Gasteiger partial charge in [0.25, 0.3) is 5.91 Å². The zero-order chi connectivity index (χ0) is 23.3. The maximum atomic E-state index is 13.1. The first-order valence-corrected chi connectivity index (χ1v) is 11.3. The average Bonchev–Trinajstić information content (AvgIpc) is 3.57. The number of hydrogen-bond donors (Lipinski definition) is 1. The number of carbonyl (C=O) groups is 3. The largest absolute Gasteiger partial charge is 0.327 e. The summed E-state index contributed by atoms with van der Waals surface area (Å²) in [6.07, 6.45) is 0.752. The van der Waals surface area contributed by atoms with Crippen molar-refractivity contribution in [1.82, 2.24) is 14.7 Å². The fraction of sp³-hybridized carbons (Fsp3) is 0.304. The van der Waals surface area contributed by atoms with Crippen molar-refractivity contribution < 1.29 is 14.4 Å². The second-order valence-electron chi connectivity index (χ2n) is 8.32. The molecule has 3 fully saturated rings. The predicted molar refractivity (Wildman–Crippen MR) is 122 cm³/mol. The molecule has 5 amide bonds. The molecular weight excluding hydrogens is 465 g/mol. The van der Waals surface area contributed by atoms with E-state index in [9.17, 15) is 14.4 Å². The number of nitriles is 1. The minimum Gasteiger partial charge on any atom is -0.320 e. The summed E-state index contributed by atoms with van der Waals surface area (Å²) in [6, 6.07) is 13.0. The molecule has 0 radical (unpaired) electrons. The second kappa shape index (κ2) is 8.25. The van der Waals surface area contributed by atoms with Gasteiger partial charge in [-0.1, -0.05) is 53.5 Å². The zero-order valence-corrected chi connectivity index (χ0v) is 18.9. The number of imide groups is 1. The van der Waals surface area contributed by atoms with E-state index in [-0.39, 0.29) is 64.8 Å². The van der Waals surface area contributed by atoms with Gasteiger partial charge in [-0.15, -0.1) is 0 Å². The molecule has 168 valence electrons. The minimum absolute atomic E-state index is 0.0845. The van der Waals surface area contributed by atoms with E-state index in [2.05, 4.69) is 5.32 Å². The quantitative estimate of drug-likeness (QED) is 0.669. The molecule has 1 aliphatic carbocycles. The molecule has 3 aliphatic rings. The summed E-state index contributed by atoms with van der Waals surface area (Å²) in [7, 11) is 0. The molecule has 2 heterocycles. The van der Waals surface area contributed by atoms with Gasteiger partial charge in [-0.05, 0) is 24.1 Å². The SMILES string of the molecule is N#Cc1cc(Cl)c(NC(=O)N2CCN3C(=O)N([C@H]4C[C@@H]4c4ccccc4)C(=O)[C@@H]3C2)c(Cl)c1. The lowest BCUT2D eigenvalue weighted by molar-refractivity contribution is -0.129. The van der Waals surface area contributed by atoms with Crippen molar-refractivity contribution in [3.05, 3.63) is 63.6 Å². The molecule has 2 aliphatic heterocycles. The summed E-state index contributed by atoms with van der Waals surface area (Å²) in [5.41, 5.74) is 1.59. The van der Waals surface area contributed by atoms with Crippen LogP contribution >= 0.6 is 23.2 Å². The number of carbonyl (C=O) groups excluding carboxylic acids is 3. The van der Waals surface area contributed by atoms with E-state index in [0.717, 1.165) is 12.0 Å². The van der Waals surface area contributed by atoms with Crippen LogP contribution in [0.5, 0.6) is 0 Å². The van der Waals surface area contributed by atoms with E-state index in [1.807, 2.05) is 36.4 Å². The van der Waals surface area contributed by atoms with Crippen molar-refractivity contribution in [3.63, 3.8) is 0 Å². The molecule has 0 unspecified atom stereocenters. The van der Waals surface area contributed by atoms with Gasteiger partial charge in [0.15, 0.2) is 0 Å². The topological polar surface area (TPSA) is 96.8 Å². The van der Waals surface area contributed by atoms with E-state index in [1.165, 1.54) is 21.9 Å². The van der Waals surface area contributed by atoms with Crippen LogP contribution in [-0.2, 0) is 4.79 Å². The number of hydrogen-bond acceptors (Lipinski definition) is 4. The van der Waals surface area contributed by atoms with Gasteiger partial charge in [0.2, 0.25) is 0 Å². The Kier molecular flexibility index (Phi) is 5.39. The first-order chi connectivity index (χ1) is 15.9. The van der Waals surface area contributed by atoms with Crippen LogP contribution in [0.25, 0.3) is 0 Å². The average molecular weight is 484 g/mol. The number of rotatable bonds is 3. The van der Waals surface area contributed by atoms with E-state index in [1.54, 1.807) is 4.90 Å². The van der Waals surface area contributed by atoms with Gasteiger partial charge >= 0.3 is 12.1 Å². The van der Waals surface area contributed by atoms with Crippen molar-refractivity contribution in [1.29, 1.82) is 5.26 Å². The van der Waals surface area contributed by atoms with Gasteiger partial charge < -0.3 is 15.1 Å². The number of benzene rings is 2. The van der Waals surface area contributed by atoms with Crippen LogP contribution in [0.1, 0.15) is 23.5 Å².